The smallest absolute Gasteiger partial charge is 0.399 e. The second-order valence-corrected chi connectivity index (χ2v) is 4.39. The lowest BCUT2D eigenvalue weighted by molar-refractivity contribution is -0.136. The van der Waals surface area contributed by atoms with Gasteiger partial charge < -0.3 is 16.8 Å². The molecule has 0 saturated heterocycles. The van der Waals surface area contributed by atoms with Gasteiger partial charge in [0.1, 0.15) is 0 Å². The van der Waals surface area contributed by atoms with Crippen LogP contribution >= 0.6 is 0 Å². The van der Waals surface area contributed by atoms with Crippen molar-refractivity contribution in [3.05, 3.63) is 53.6 Å². The van der Waals surface area contributed by atoms with E-state index in [0.717, 1.165) is 6.07 Å². The summed E-state index contributed by atoms with van der Waals surface area (Å²) in [4.78, 5) is 12.0. The molecule has 0 aliphatic heterocycles. The van der Waals surface area contributed by atoms with Gasteiger partial charge in [0, 0.05) is 16.9 Å². The second-order valence-electron chi connectivity index (χ2n) is 4.39. The minimum atomic E-state index is -4.56. The molecule has 2 aromatic rings. The molecule has 0 aliphatic carbocycles. The Labute approximate surface area is 118 Å². The van der Waals surface area contributed by atoms with Crippen LogP contribution in [0.15, 0.2) is 42.5 Å². The molecule has 2 rings (SSSR count). The van der Waals surface area contributed by atoms with Gasteiger partial charge in [-0.15, -0.1) is 0 Å². The van der Waals surface area contributed by atoms with E-state index in [4.69, 9.17) is 11.5 Å². The number of hydrogen-bond donors (Lipinski definition) is 3. The van der Waals surface area contributed by atoms with Crippen molar-refractivity contribution in [1.29, 1.82) is 0 Å². The topological polar surface area (TPSA) is 81.1 Å². The summed E-state index contributed by atoms with van der Waals surface area (Å²) < 4.78 is 38.5. The number of nitrogens with one attached hydrogen (secondary N) is 1. The Hall–Kier alpha value is -2.70. The average molecular weight is 295 g/mol. The summed E-state index contributed by atoms with van der Waals surface area (Å²) in [6, 6.07) is 8.83. The van der Waals surface area contributed by atoms with E-state index >= 15 is 0 Å². The third-order valence-corrected chi connectivity index (χ3v) is 2.72. The largest absolute Gasteiger partial charge is 0.418 e. The monoisotopic (exact) mass is 295 g/mol. The van der Waals surface area contributed by atoms with Crippen molar-refractivity contribution < 1.29 is 18.0 Å². The number of nitrogens with two attached hydrogens (primary N) is 2. The Morgan fingerprint density at radius 2 is 1.57 bits per heavy atom. The van der Waals surface area contributed by atoms with Crippen LogP contribution in [0.2, 0.25) is 0 Å². The van der Waals surface area contributed by atoms with Gasteiger partial charge in [0.05, 0.1) is 11.3 Å². The number of carbonyl (C=O) groups excluding carboxylic acids is 1. The van der Waals surface area contributed by atoms with Gasteiger partial charge in [0.15, 0.2) is 0 Å². The standard InChI is InChI=1S/C14H12F3N3O/c15-14(16,17)11-3-1-2-4-12(11)20-13(21)8-5-9(18)7-10(19)6-8/h1-7H,18-19H2,(H,20,21). The molecule has 0 spiro atoms. The van der Waals surface area contributed by atoms with E-state index in [1.54, 1.807) is 0 Å². The zero-order valence-corrected chi connectivity index (χ0v) is 10.7. The molecule has 110 valence electrons. The SMILES string of the molecule is Nc1cc(N)cc(C(=O)Nc2ccccc2C(F)(F)F)c1. The zero-order valence-electron chi connectivity index (χ0n) is 10.7. The number of para-hydroxylation sites is 1. The summed E-state index contributed by atoms with van der Waals surface area (Å²) in [6.45, 7) is 0. The number of anilines is 3. The first-order chi connectivity index (χ1) is 9.77. The fourth-order valence-corrected chi connectivity index (χ4v) is 1.84. The van der Waals surface area contributed by atoms with Gasteiger partial charge in [0.2, 0.25) is 0 Å². The lowest BCUT2D eigenvalue weighted by Gasteiger charge is -2.13. The van der Waals surface area contributed by atoms with Crippen molar-refractivity contribution in [2.24, 2.45) is 0 Å². The number of carbonyl (C=O) groups is 1. The first-order valence-electron chi connectivity index (χ1n) is 5.91. The Kier molecular flexibility index (Phi) is 3.75. The van der Waals surface area contributed by atoms with Crippen LogP contribution in [-0.4, -0.2) is 5.91 Å². The Balaban J connectivity index is 2.32. The molecule has 0 radical (unpaired) electrons. The predicted molar refractivity (Wildman–Crippen MR) is 74.7 cm³/mol. The fraction of sp³-hybridized carbons (Fsp3) is 0.0714. The summed E-state index contributed by atoms with van der Waals surface area (Å²) in [5.74, 6) is -0.717. The number of hydrogen-bond acceptors (Lipinski definition) is 3. The van der Waals surface area contributed by atoms with Gasteiger partial charge >= 0.3 is 6.18 Å². The van der Waals surface area contributed by atoms with Crippen LogP contribution in [0.3, 0.4) is 0 Å². The fourth-order valence-electron chi connectivity index (χ4n) is 1.84. The van der Waals surface area contributed by atoms with Crippen LogP contribution in [0.4, 0.5) is 30.2 Å². The molecule has 2 aromatic carbocycles. The molecular weight excluding hydrogens is 283 g/mol. The molecule has 0 saturated carbocycles. The second kappa shape index (κ2) is 5.35. The number of amides is 1. The molecule has 0 aliphatic rings. The molecule has 0 unspecified atom stereocenters. The molecule has 0 bridgehead atoms. The summed E-state index contributed by atoms with van der Waals surface area (Å²) in [5.41, 5.74) is 10.5. The van der Waals surface area contributed by atoms with Crippen molar-refractivity contribution in [1.82, 2.24) is 0 Å². The molecule has 0 fully saturated rings. The van der Waals surface area contributed by atoms with Crippen molar-refractivity contribution in [3.63, 3.8) is 0 Å². The molecule has 0 heterocycles. The highest BCUT2D eigenvalue weighted by atomic mass is 19.4. The van der Waals surface area contributed by atoms with Crippen LogP contribution in [-0.2, 0) is 6.18 Å². The molecule has 21 heavy (non-hydrogen) atoms. The number of alkyl halides is 3. The van der Waals surface area contributed by atoms with Crippen molar-refractivity contribution >= 4 is 23.0 Å². The minimum absolute atomic E-state index is 0.0875. The van der Waals surface area contributed by atoms with E-state index in [2.05, 4.69) is 5.32 Å². The highest BCUT2D eigenvalue weighted by Gasteiger charge is 2.33. The Bertz CT molecular complexity index is 663. The van der Waals surface area contributed by atoms with E-state index in [1.807, 2.05) is 0 Å². The van der Waals surface area contributed by atoms with E-state index in [9.17, 15) is 18.0 Å². The average Bonchev–Trinajstić information content (AvgIpc) is 2.37. The van der Waals surface area contributed by atoms with Gasteiger partial charge in [-0.1, -0.05) is 12.1 Å². The summed E-state index contributed by atoms with van der Waals surface area (Å²) in [6.07, 6.45) is -4.56. The first-order valence-corrected chi connectivity index (χ1v) is 5.91. The minimum Gasteiger partial charge on any atom is -0.399 e. The van der Waals surface area contributed by atoms with Gasteiger partial charge in [-0.05, 0) is 30.3 Å². The zero-order chi connectivity index (χ0) is 15.6. The normalized spacial score (nSPS) is 11.2. The number of benzene rings is 2. The Morgan fingerprint density at radius 1 is 1.00 bits per heavy atom. The maximum absolute atomic E-state index is 12.8. The molecule has 0 aromatic heterocycles. The maximum atomic E-state index is 12.8. The lowest BCUT2D eigenvalue weighted by atomic mass is 10.1. The third-order valence-electron chi connectivity index (χ3n) is 2.72. The summed E-state index contributed by atoms with van der Waals surface area (Å²) in [5, 5.41) is 2.22. The highest BCUT2D eigenvalue weighted by Crippen LogP contribution is 2.34. The maximum Gasteiger partial charge on any atom is 0.418 e. The lowest BCUT2D eigenvalue weighted by Crippen LogP contribution is -2.17. The van der Waals surface area contributed by atoms with Gasteiger partial charge in [0.25, 0.3) is 5.91 Å². The third kappa shape index (κ3) is 3.44. The van der Waals surface area contributed by atoms with Gasteiger partial charge in [-0.3, -0.25) is 4.79 Å². The molecule has 5 N–H and O–H groups in total. The van der Waals surface area contributed by atoms with E-state index in [1.165, 1.54) is 36.4 Å². The van der Waals surface area contributed by atoms with Gasteiger partial charge in [-0.25, -0.2) is 0 Å². The van der Waals surface area contributed by atoms with Crippen LogP contribution in [0.5, 0.6) is 0 Å². The van der Waals surface area contributed by atoms with E-state index in [-0.39, 0.29) is 22.6 Å². The van der Waals surface area contributed by atoms with Gasteiger partial charge in [-0.2, -0.15) is 13.2 Å². The quantitative estimate of drug-likeness (QED) is 0.744. The first kappa shape index (κ1) is 14.7. The molecule has 0 atom stereocenters. The van der Waals surface area contributed by atoms with Crippen LogP contribution in [0, 0.1) is 0 Å². The molecule has 1 amide bonds. The van der Waals surface area contributed by atoms with Crippen LogP contribution in [0.25, 0.3) is 0 Å². The molecule has 7 heteroatoms. The number of nitrogen functional groups attached to an aromatic ring is 2. The van der Waals surface area contributed by atoms with Crippen molar-refractivity contribution in [2.45, 2.75) is 6.18 Å². The van der Waals surface area contributed by atoms with Crippen molar-refractivity contribution in [3.8, 4) is 0 Å². The summed E-state index contributed by atoms with van der Waals surface area (Å²) >= 11 is 0. The predicted octanol–water partition coefficient (Wildman–Crippen LogP) is 3.12. The van der Waals surface area contributed by atoms with E-state index < -0.39 is 17.6 Å². The highest BCUT2D eigenvalue weighted by molar-refractivity contribution is 6.05. The summed E-state index contributed by atoms with van der Waals surface area (Å²) in [7, 11) is 0. The Morgan fingerprint density at radius 3 is 2.14 bits per heavy atom. The molecule has 4 nitrogen and oxygen atoms in total. The number of halogens is 3. The number of rotatable bonds is 2. The molecular formula is C14H12F3N3O. The van der Waals surface area contributed by atoms with Crippen molar-refractivity contribution in [2.75, 3.05) is 16.8 Å². The van der Waals surface area contributed by atoms with E-state index in [0.29, 0.717) is 0 Å². The van der Waals surface area contributed by atoms with Crippen LogP contribution < -0.4 is 16.8 Å². The van der Waals surface area contributed by atoms with Crippen LogP contribution in [0.1, 0.15) is 15.9 Å².